The molecule has 0 fully saturated rings. The molecule has 2 aromatic rings. The van der Waals surface area contributed by atoms with Crippen molar-refractivity contribution in [2.45, 2.75) is 47.2 Å². The Morgan fingerprint density at radius 1 is 1.29 bits per heavy atom. The Hall–Kier alpha value is -2.61. The third-order valence-electron chi connectivity index (χ3n) is 3.98. The molecule has 1 aromatic heterocycles. The maximum atomic E-state index is 12.2. The van der Waals surface area contributed by atoms with Gasteiger partial charge in [-0.15, -0.1) is 0 Å². The van der Waals surface area contributed by atoms with Crippen LogP contribution in [0.2, 0.25) is 0 Å². The third-order valence-corrected chi connectivity index (χ3v) is 3.98. The van der Waals surface area contributed by atoms with Crippen molar-refractivity contribution in [1.29, 1.82) is 5.26 Å². The highest BCUT2D eigenvalue weighted by Gasteiger charge is 2.15. The van der Waals surface area contributed by atoms with Gasteiger partial charge in [0.15, 0.2) is 0 Å². The Kier molecular flexibility index (Phi) is 5.75. The molecule has 0 bridgehead atoms. The highest BCUT2D eigenvalue weighted by atomic mass is 16.1. The summed E-state index contributed by atoms with van der Waals surface area (Å²) in [7, 11) is 0. The Morgan fingerprint density at radius 2 is 1.96 bits per heavy atom. The van der Waals surface area contributed by atoms with Crippen LogP contribution >= 0.6 is 0 Å². The van der Waals surface area contributed by atoms with Crippen molar-refractivity contribution in [3.8, 4) is 6.07 Å². The van der Waals surface area contributed by atoms with Crippen LogP contribution in [-0.4, -0.2) is 15.7 Å². The van der Waals surface area contributed by atoms with Crippen molar-refractivity contribution in [1.82, 2.24) is 15.1 Å². The summed E-state index contributed by atoms with van der Waals surface area (Å²) >= 11 is 0. The first kappa shape index (κ1) is 17.7. The van der Waals surface area contributed by atoms with Crippen molar-refractivity contribution in [2.24, 2.45) is 5.92 Å². The zero-order valence-electron chi connectivity index (χ0n) is 14.8. The van der Waals surface area contributed by atoms with Crippen molar-refractivity contribution in [2.75, 3.05) is 0 Å². The van der Waals surface area contributed by atoms with E-state index < -0.39 is 0 Å². The van der Waals surface area contributed by atoms with E-state index in [1.165, 1.54) is 0 Å². The Morgan fingerprint density at radius 3 is 2.54 bits per heavy atom. The zero-order valence-corrected chi connectivity index (χ0v) is 14.8. The fourth-order valence-electron chi connectivity index (χ4n) is 2.63. The number of aromatic nitrogens is 2. The van der Waals surface area contributed by atoms with Gasteiger partial charge in [-0.1, -0.05) is 26.0 Å². The number of hydrogen-bond donors (Lipinski definition) is 1. The minimum absolute atomic E-state index is 0.0188. The fraction of sp³-hybridized carbons (Fsp3) is 0.421. The number of benzene rings is 1. The van der Waals surface area contributed by atoms with Gasteiger partial charge in [0.05, 0.1) is 23.7 Å². The molecule has 1 heterocycles. The van der Waals surface area contributed by atoms with Crippen LogP contribution in [0.5, 0.6) is 0 Å². The van der Waals surface area contributed by atoms with Crippen molar-refractivity contribution < 1.29 is 4.79 Å². The number of rotatable bonds is 6. The van der Waals surface area contributed by atoms with Crippen molar-refractivity contribution in [3.05, 3.63) is 52.3 Å². The summed E-state index contributed by atoms with van der Waals surface area (Å²) in [5.41, 5.74) is 4.59. The molecule has 0 atom stereocenters. The van der Waals surface area contributed by atoms with Gasteiger partial charge in [0, 0.05) is 24.3 Å². The normalized spacial score (nSPS) is 10.7. The first-order valence-corrected chi connectivity index (χ1v) is 8.19. The first-order chi connectivity index (χ1) is 11.4. The summed E-state index contributed by atoms with van der Waals surface area (Å²) in [6.07, 6.45) is 0.339. The highest BCUT2D eigenvalue weighted by molar-refractivity contribution is 5.79. The van der Waals surface area contributed by atoms with E-state index in [4.69, 9.17) is 5.26 Å². The molecule has 0 saturated heterocycles. The number of nitrogens with zero attached hydrogens (tertiary/aromatic N) is 3. The zero-order chi connectivity index (χ0) is 17.7. The van der Waals surface area contributed by atoms with Gasteiger partial charge >= 0.3 is 0 Å². The summed E-state index contributed by atoms with van der Waals surface area (Å²) in [5.74, 6) is 0.496. The molecule has 0 aliphatic rings. The molecule has 0 saturated carbocycles. The lowest BCUT2D eigenvalue weighted by Gasteiger charge is -2.08. The van der Waals surface area contributed by atoms with E-state index in [0.717, 1.165) is 29.1 Å². The van der Waals surface area contributed by atoms with Gasteiger partial charge in [0.1, 0.15) is 0 Å². The van der Waals surface area contributed by atoms with Crippen LogP contribution in [0.25, 0.3) is 0 Å². The van der Waals surface area contributed by atoms with E-state index in [2.05, 4.69) is 30.3 Å². The number of nitrogens with one attached hydrogen (secondary N) is 1. The van der Waals surface area contributed by atoms with Crippen LogP contribution in [0.4, 0.5) is 0 Å². The van der Waals surface area contributed by atoms with Gasteiger partial charge in [-0.3, -0.25) is 9.48 Å². The van der Waals surface area contributed by atoms with Gasteiger partial charge in [0.25, 0.3) is 0 Å². The van der Waals surface area contributed by atoms with Gasteiger partial charge in [0.2, 0.25) is 5.91 Å². The molecule has 5 nitrogen and oxygen atoms in total. The lowest BCUT2D eigenvalue weighted by atomic mass is 10.1. The molecule has 1 amide bonds. The van der Waals surface area contributed by atoms with E-state index in [-0.39, 0.29) is 5.91 Å². The number of carbonyl (C=O) groups is 1. The maximum absolute atomic E-state index is 12.2. The van der Waals surface area contributed by atoms with Crippen molar-refractivity contribution in [3.63, 3.8) is 0 Å². The minimum Gasteiger partial charge on any atom is -0.352 e. The molecule has 1 aromatic carbocycles. The molecular formula is C19H24N4O. The molecule has 0 unspecified atom stereocenters. The second kappa shape index (κ2) is 7.78. The molecule has 0 spiro atoms. The van der Waals surface area contributed by atoms with Gasteiger partial charge in [-0.2, -0.15) is 10.4 Å². The Labute approximate surface area is 143 Å². The average molecular weight is 324 g/mol. The fourth-order valence-corrected chi connectivity index (χ4v) is 2.63. The highest BCUT2D eigenvalue weighted by Crippen LogP contribution is 2.15. The predicted molar refractivity (Wildman–Crippen MR) is 93.2 cm³/mol. The smallest absolute Gasteiger partial charge is 0.224 e. The summed E-state index contributed by atoms with van der Waals surface area (Å²) in [6, 6.07) is 9.31. The van der Waals surface area contributed by atoms with E-state index in [1.54, 1.807) is 12.1 Å². The van der Waals surface area contributed by atoms with Crippen molar-refractivity contribution >= 4 is 5.91 Å². The second-order valence-corrected chi connectivity index (χ2v) is 6.49. The molecule has 0 aliphatic heterocycles. The molecule has 0 aliphatic carbocycles. The molecule has 2 rings (SSSR count). The van der Waals surface area contributed by atoms with E-state index in [9.17, 15) is 4.79 Å². The SMILES string of the molecule is Cc1nn(CC(C)C)c(C)c1CC(=O)NCc1ccc(C#N)cc1. The largest absolute Gasteiger partial charge is 0.352 e. The van der Waals surface area contributed by atoms with Gasteiger partial charge < -0.3 is 5.32 Å². The summed E-state index contributed by atoms with van der Waals surface area (Å²) in [5, 5.41) is 16.3. The lowest BCUT2D eigenvalue weighted by molar-refractivity contribution is -0.120. The lowest BCUT2D eigenvalue weighted by Crippen LogP contribution is -2.25. The van der Waals surface area contributed by atoms with E-state index in [0.29, 0.717) is 24.4 Å². The van der Waals surface area contributed by atoms with Crippen LogP contribution in [0.3, 0.4) is 0 Å². The topological polar surface area (TPSA) is 70.7 Å². The Bertz CT molecular complexity index is 751. The second-order valence-electron chi connectivity index (χ2n) is 6.49. The number of carbonyl (C=O) groups excluding carboxylic acids is 1. The number of nitriles is 1. The van der Waals surface area contributed by atoms with Crippen LogP contribution in [0, 0.1) is 31.1 Å². The molecule has 1 N–H and O–H groups in total. The summed E-state index contributed by atoms with van der Waals surface area (Å²) < 4.78 is 1.99. The number of aryl methyl sites for hydroxylation is 1. The predicted octanol–water partition coefficient (Wildman–Crippen LogP) is 2.89. The Balaban J connectivity index is 1.97. The first-order valence-electron chi connectivity index (χ1n) is 8.19. The molecule has 24 heavy (non-hydrogen) atoms. The molecule has 5 heteroatoms. The molecule has 126 valence electrons. The maximum Gasteiger partial charge on any atom is 0.224 e. The molecule has 0 radical (unpaired) electrons. The van der Waals surface area contributed by atoms with E-state index >= 15 is 0 Å². The van der Waals surface area contributed by atoms with Crippen LogP contribution in [0.1, 0.15) is 41.9 Å². The van der Waals surface area contributed by atoms with E-state index in [1.807, 2.05) is 30.7 Å². The van der Waals surface area contributed by atoms with Gasteiger partial charge in [-0.25, -0.2) is 0 Å². The average Bonchev–Trinajstić information content (AvgIpc) is 2.80. The monoisotopic (exact) mass is 324 g/mol. The van der Waals surface area contributed by atoms with Crippen LogP contribution in [-0.2, 0) is 24.3 Å². The molecular weight excluding hydrogens is 300 g/mol. The number of hydrogen-bond acceptors (Lipinski definition) is 3. The standard InChI is InChI=1S/C19H24N4O/c1-13(2)12-23-15(4)18(14(3)22-23)9-19(24)21-11-17-7-5-16(10-20)6-8-17/h5-8,13H,9,11-12H2,1-4H3,(H,21,24). The van der Waals surface area contributed by atoms with Gasteiger partial charge in [-0.05, 0) is 37.5 Å². The minimum atomic E-state index is -0.0188. The summed E-state index contributed by atoms with van der Waals surface area (Å²) in [4.78, 5) is 12.2. The van der Waals surface area contributed by atoms with Crippen LogP contribution in [0.15, 0.2) is 24.3 Å². The summed E-state index contributed by atoms with van der Waals surface area (Å²) in [6.45, 7) is 9.60. The van der Waals surface area contributed by atoms with Crippen LogP contribution < -0.4 is 5.32 Å². The number of amides is 1. The third kappa shape index (κ3) is 4.45. The quantitative estimate of drug-likeness (QED) is 0.888.